The second kappa shape index (κ2) is 8.65. The molecule has 130 valence electrons. The molecule has 8 heteroatoms. The smallest absolute Gasteiger partial charge is 0.246 e. The highest BCUT2D eigenvalue weighted by molar-refractivity contribution is 6.30. The van der Waals surface area contributed by atoms with Gasteiger partial charge in [-0.05, 0) is 24.3 Å². The third-order valence-corrected chi connectivity index (χ3v) is 3.91. The zero-order chi connectivity index (χ0) is 17.5. The van der Waals surface area contributed by atoms with Crippen LogP contribution in [0.4, 0.5) is 5.69 Å². The van der Waals surface area contributed by atoms with E-state index < -0.39 is 5.92 Å². The van der Waals surface area contributed by atoms with Gasteiger partial charge in [0, 0.05) is 43.9 Å². The maximum Gasteiger partial charge on any atom is 0.246 e. The fraction of sp³-hybridized carbons (Fsp3) is 0.438. The second-order valence-electron chi connectivity index (χ2n) is 5.46. The van der Waals surface area contributed by atoms with E-state index in [1.165, 1.54) is 7.11 Å². The summed E-state index contributed by atoms with van der Waals surface area (Å²) < 4.78 is 4.69. The number of carbonyl (C=O) groups excluding carboxylic acids is 3. The molecule has 2 N–H and O–H groups in total. The third kappa shape index (κ3) is 4.94. The summed E-state index contributed by atoms with van der Waals surface area (Å²) in [6.45, 7) is 0.943. The molecule has 1 atom stereocenters. The van der Waals surface area contributed by atoms with Gasteiger partial charge in [-0.15, -0.1) is 0 Å². The van der Waals surface area contributed by atoms with E-state index in [2.05, 4.69) is 15.4 Å². The normalized spacial score (nSPS) is 17.0. The van der Waals surface area contributed by atoms with E-state index >= 15 is 0 Å². The van der Waals surface area contributed by atoms with Gasteiger partial charge in [0.15, 0.2) is 0 Å². The molecule has 0 spiro atoms. The Balaban J connectivity index is 1.79. The minimum atomic E-state index is -0.400. The van der Waals surface area contributed by atoms with Crippen molar-refractivity contribution in [3.63, 3.8) is 0 Å². The molecular weight excluding hydrogens is 334 g/mol. The zero-order valence-electron chi connectivity index (χ0n) is 13.4. The number of amides is 3. The monoisotopic (exact) mass is 353 g/mol. The molecule has 0 bridgehead atoms. The van der Waals surface area contributed by atoms with Gasteiger partial charge < -0.3 is 20.3 Å². The van der Waals surface area contributed by atoms with Gasteiger partial charge in [0.2, 0.25) is 17.7 Å². The maximum absolute atomic E-state index is 12.1. The van der Waals surface area contributed by atoms with E-state index in [-0.39, 0.29) is 30.7 Å². The molecular formula is C16H20ClN3O4. The minimum absolute atomic E-state index is 0.0128. The van der Waals surface area contributed by atoms with E-state index in [1.54, 1.807) is 29.2 Å². The van der Waals surface area contributed by atoms with Crippen LogP contribution in [-0.2, 0) is 19.1 Å². The van der Waals surface area contributed by atoms with Crippen molar-refractivity contribution >= 4 is 35.0 Å². The second-order valence-corrected chi connectivity index (χ2v) is 5.89. The van der Waals surface area contributed by atoms with Gasteiger partial charge in [0.25, 0.3) is 0 Å². The van der Waals surface area contributed by atoms with Crippen LogP contribution in [0.15, 0.2) is 24.3 Å². The molecule has 1 saturated heterocycles. The standard InChI is InChI=1S/C16H20ClN3O4/c1-24-10-14(21)18-6-7-19-16(23)11-8-15(22)20(9-11)13-4-2-12(17)3-5-13/h2-5,11H,6-10H2,1H3,(H,18,21)(H,19,23)/t11-/m1/s1. The van der Waals surface area contributed by atoms with Crippen LogP contribution in [0.25, 0.3) is 0 Å². The first-order valence-electron chi connectivity index (χ1n) is 7.60. The highest BCUT2D eigenvalue weighted by atomic mass is 35.5. The molecule has 1 aliphatic rings. The molecule has 0 saturated carbocycles. The van der Waals surface area contributed by atoms with Gasteiger partial charge in [-0.3, -0.25) is 14.4 Å². The lowest BCUT2D eigenvalue weighted by atomic mass is 10.1. The average molecular weight is 354 g/mol. The van der Waals surface area contributed by atoms with Crippen molar-refractivity contribution in [2.75, 3.05) is 38.3 Å². The summed E-state index contributed by atoms with van der Waals surface area (Å²) in [6.07, 6.45) is 0.171. The van der Waals surface area contributed by atoms with Crippen LogP contribution in [0.5, 0.6) is 0 Å². The van der Waals surface area contributed by atoms with Crippen molar-refractivity contribution < 1.29 is 19.1 Å². The predicted octanol–water partition coefficient (Wildman–Crippen LogP) is 0.572. The molecule has 0 aliphatic carbocycles. The number of methoxy groups -OCH3 is 1. The third-order valence-electron chi connectivity index (χ3n) is 3.66. The van der Waals surface area contributed by atoms with Crippen LogP contribution < -0.4 is 15.5 Å². The summed E-state index contributed by atoms with van der Waals surface area (Å²) in [5, 5.41) is 5.93. The molecule has 2 rings (SSSR count). The van der Waals surface area contributed by atoms with Crippen LogP contribution >= 0.6 is 11.6 Å². The first-order valence-corrected chi connectivity index (χ1v) is 7.98. The summed E-state index contributed by atoms with van der Waals surface area (Å²) >= 11 is 5.84. The van der Waals surface area contributed by atoms with Gasteiger partial charge in [-0.25, -0.2) is 0 Å². The number of benzene rings is 1. The topological polar surface area (TPSA) is 87.7 Å². The number of rotatable bonds is 7. The Bertz CT molecular complexity index is 606. The largest absolute Gasteiger partial charge is 0.375 e. The molecule has 1 aromatic carbocycles. The van der Waals surface area contributed by atoms with E-state index in [9.17, 15) is 14.4 Å². The molecule has 1 aromatic rings. The first kappa shape index (κ1) is 18.2. The fourth-order valence-electron chi connectivity index (χ4n) is 2.47. The zero-order valence-corrected chi connectivity index (χ0v) is 14.1. The van der Waals surface area contributed by atoms with Crippen LogP contribution in [0.3, 0.4) is 0 Å². The molecule has 1 fully saturated rings. The van der Waals surface area contributed by atoms with E-state index in [0.29, 0.717) is 24.7 Å². The Morgan fingerprint density at radius 1 is 1.25 bits per heavy atom. The van der Waals surface area contributed by atoms with Gasteiger partial charge in [-0.1, -0.05) is 11.6 Å². The lowest BCUT2D eigenvalue weighted by Crippen LogP contribution is -2.39. The molecule has 1 heterocycles. The van der Waals surface area contributed by atoms with E-state index in [4.69, 9.17) is 11.6 Å². The summed E-state index contributed by atoms with van der Waals surface area (Å²) in [7, 11) is 1.44. The number of hydrogen-bond donors (Lipinski definition) is 2. The highest BCUT2D eigenvalue weighted by Gasteiger charge is 2.34. The lowest BCUT2D eigenvalue weighted by Gasteiger charge is -2.16. The van der Waals surface area contributed by atoms with Crippen LogP contribution in [0.2, 0.25) is 5.02 Å². The van der Waals surface area contributed by atoms with Crippen molar-refractivity contribution in [3.8, 4) is 0 Å². The molecule has 0 aromatic heterocycles. The summed E-state index contributed by atoms with van der Waals surface area (Å²) in [5.74, 6) is -0.925. The van der Waals surface area contributed by atoms with Gasteiger partial charge >= 0.3 is 0 Å². The quantitative estimate of drug-likeness (QED) is 0.702. The molecule has 7 nitrogen and oxygen atoms in total. The van der Waals surface area contributed by atoms with Crippen molar-refractivity contribution in [1.82, 2.24) is 10.6 Å². The van der Waals surface area contributed by atoms with Crippen molar-refractivity contribution in [2.24, 2.45) is 5.92 Å². The van der Waals surface area contributed by atoms with Crippen LogP contribution in [0, 0.1) is 5.92 Å². The molecule has 1 aliphatic heterocycles. The fourth-order valence-corrected chi connectivity index (χ4v) is 2.59. The summed E-state index contributed by atoms with van der Waals surface area (Å²) in [5.41, 5.74) is 0.728. The Kier molecular flexibility index (Phi) is 6.57. The number of ether oxygens (including phenoxy) is 1. The van der Waals surface area contributed by atoms with Gasteiger partial charge in [-0.2, -0.15) is 0 Å². The van der Waals surface area contributed by atoms with Crippen molar-refractivity contribution in [2.45, 2.75) is 6.42 Å². The number of carbonyl (C=O) groups is 3. The van der Waals surface area contributed by atoms with Gasteiger partial charge in [0.05, 0.1) is 5.92 Å². The Morgan fingerprint density at radius 2 is 1.92 bits per heavy atom. The number of nitrogens with zero attached hydrogens (tertiary/aromatic N) is 1. The Morgan fingerprint density at radius 3 is 2.58 bits per heavy atom. The summed E-state index contributed by atoms with van der Waals surface area (Å²) in [6, 6.07) is 6.93. The van der Waals surface area contributed by atoms with Crippen molar-refractivity contribution in [1.29, 1.82) is 0 Å². The lowest BCUT2D eigenvalue weighted by molar-refractivity contribution is -0.127. The summed E-state index contributed by atoms with van der Waals surface area (Å²) in [4.78, 5) is 37.0. The van der Waals surface area contributed by atoms with Crippen LogP contribution in [0.1, 0.15) is 6.42 Å². The minimum Gasteiger partial charge on any atom is -0.375 e. The number of nitrogens with one attached hydrogen (secondary N) is 2. The number of hydrogen-bond acceptors (Lipinski definition) is 4. The van der Waals surface area contributed by atoms with Crippen LogP contribution in [-0.4, -0.2) is 51.1 Å². The molecule has 3 amide bonds. The van der Waals surface area contributed by atoms with Crippen molar-refractivity contribution in [3.05, 3.63) is 29.3 Å². The van der Waals surface area contributed by atoms with E-state index in [1.807, 2.05) is 0 Å². The Labute approximate surface area is 145 Å². The maximum atomic E-state index is 12.1. The SMILES string of the molecule is COCC(=O)NCCNC(=O)[C@@H]1CC(=O)N(c2ccc(Cl)cc2)C1. The van der Waals surface area contributed by atoms with E-state index in [0.717, 1.165) is 5.69 Å². The highest BCUT2D eigenvalue weighted by Crippen LogP contribution is 2.26. The Hall–Kier alpha value is -2.12. The number of anilines is 1. The molecule has 0 radical (unpaired) electrons. The van der Waals surface area contributed by atoms with Gasteiger partial charge in [0.1, 0.15) is 6.61 Å². The first-order chi connectivity index (χ1) is 11.5. The molecule has 24 heavy (non-hydrogen) atoms. The average Bonchev–Trinajstić information content (AvgIpc) is 2.94. The number of halogens is 1. The molecule has 0 unspecified atom stereocenters. The predicted molar refractivity (Wildman–Crippen MR) is 89.8 cm³/mol.